The van der Waals surface area contributed by atoms with E-state index < -0.39 is 22.2 Å². The smallest absolute Gasteiger partial charge is 0.261 e. The maximum atomic E-state index is 12.5. The van der Waals surface area contributed by atoms with Crippen molar-refractivity contribution < 1.29 is 27.9 Å². The van der Waals surface area contributed by atoms with E-state index in [9.17, 15) is 23.1 Å². The summed E-state index contributed by atoms with van der Waals surface area (Å²) in [5.74, 6) is -0.643. The maximum absolute atomic E-state index is 12.5. The number of nitrogens with zero attached hydrogens (tertiary/aromatic N) is 2. The van der Waals surface area contributed by atoms with Crippen molar-refractivity contribution in [2.45, 2.75) is 17.0 Å². The minimum atomic E-state index is -3.72. The number of morpholine rings is 1. The number of amides is 2. The number of ether oxygens (including phenoxy) is 1. The molecule has 2 N–H and O–H groups in total. The molecule has 0 spiro atoms. The van der Waals surface area contributed by atoms with Gasteiger partial charge in [-0.25, -0.2) is 8.42 Å². The van der Waals surface area contributed by atoms with Crippen LogP contribution in [0.5, 0.6) is 0 Å². The van der Waals surface area contributed by atoms with E-state index in [0.29, 0.717) is 11.3 Å². The lowest BCUT2D eigenvalue weighted by atomic mass is 9.99. The largest absolute Gasteiger partial charge is 0.394 e. The van der Waals surface area contributed by atoms with Crippen molar-refractivity contribution in [2.75, 3.05) is 38.6 Å². The van der Waals surface area contributed by atoms with Crippen LogP contribution in [0.25, 0.3) is 0 Å². The van der Waals surface area contributed by atoms with Gasteiger partial charge in [-0.15, -0.1) is 0 Å². The summed E-state index contributed by atoms with van der Waals surface area (Å²) < 4.78 is 33.1. The van der Waals surface area contributed by atoms with Crippen molar-refractivity contribution in [3.8, 4) is 0 Å². The van der Waals surface area contributed by atoms with Gasteiger partial charge in [-0.3, -0.25) is 14.3 Å². The van der Waals surface area contributed by atoms with Crippen LogP contribution in [0.1, 0.15) is 11.7 Å². The second-order valence-electron chi connectivity index (χ2n) is 7.33. The van der Waals surface area contributed by atoms with Gasteiger partial charge in [0.1, 0.15) is 19.3 Å². The fraction of sp³-hybridized carbons (Fsp3) is 0.333. The highest BCUT2D eigenvalue weighted by Gasteiger charge is 2.38. The zero-order chi connectivity index (χ0) is 22.6. The minimum Gasteiger partial charge on any atom is -0.394 e. The molecule has 2 atom stereocenters. The Morgan fingerprint density at radius 3 is 2.39 bits per heavy atom. The Labute approximate surface area is 181 Å². The van der Waals surface area contributed by atoms with Gasteiger partial charge in [0.05, 0.1) is 17.5 Å². The number of aliphatic hydroxyl groups excluding tert-OH is 1. The summed E-state index contributed by atoms with van der Waals surface area (Å²) in [6.45, 7) is -0.768. The van der Waals surface area contributed by atoms with Crippen molar-refractivity contribution in [2.24, 2.45) is 0 Å². The quantitative estimate of drug-likeness (QED) is 0.650. The van der Waals surface area contributed by atoms with Gasteiger partial charge in [-0.2, -0.15) is 0 Å². The number of nitrogens with one attached hydrogen (secondary N) is 1. The molecule has 1 fully saturated rings. The molecule has 0 aliphatic carbocycles. The Bertz CT molecular complexity index is 1020. The highest BCUT2D eigenvalue weighted by molar-refractivity contribution is 7.92. The van der Waals surface area contributed by atoms with Crippen LogP contribution in [0.4, 0.5) is 5.69 Å². The van der Waals surface area contributed by atoms with E-state index in [-0.39, 0.29) is 36.5 Å². The first kappa shape index (κ1) is 22.7. The average molecular weight is 448 g/mol. The Morgan fingerprint density at radius 1 is 1.16 bits per heavy atom. The molecular weight excluding hydrogens is 422 g/mol. The molecule has 0 bridgehead atoms. The van der Waals surface area contributed by atoms with E-state index in [1.807, 2.05) is 0 Å². The predicted octanol–water partition coefficient (Wildman–Crippen LogP) is 0.836. The summed E-state index contributed by atoms with van der Waals surface area (Å²) in [5.41, 5.74) is 1.01. The molecule has 31 heavy (non-hydrogen) atoms. The summed E-state index contributed by atoms with van der Waals surface area (Å²) in [4.78, 5) is 27.2. The molecule has 0 aromatic heterocycles. The number of rotatable bonds is 7. The maximum Gasteiger partial charge on any atom is 0.261 e. The summed E-state index contributed by atoms with van der Waals surface area (Å²) in [6.07, 6.45) is -0.655. The van der Waals surface area contributed by atoms with Crippen LogP contribution >= 0.6 is 0 Å². The van der Waals surface area contributed by atoms with Gasteiger partial charge in [-0.05, 0) is 29.8 Å². The lowest BCUT2D eigenvalue weighted by Crippen LogP contribution is -2.55. The van der Waals surface area contributed by atoms with Crippen LogP contribution in [0.2, 0.25) is 0 Å². The van der Waals surface area contributed by atoms with Crippen molar-refractivity contribution >= 4 is 27.5 Å². The van der Waals surface area contributed by atoms with Crippen molar-refractivity contribution in [3.05, 3.63) is 60.2 Å². The van der Waals surface area contributed by atoms with Gasteiger partial charge in [0.15, 0.2) is 0 Å². The highest BCUT2D eigenvalue weighted by Crippen LogP contribution is 2.30. The van der Waals surface area contributed by atoms with Gasteiger partial charge in [0, 0.05) is 19.8 Å². The van der Waals surface area contributed by atoms with Gasteiger partial charge in [-0.1, -0.05) is 30.3 Å². The first-order chi connectivity index (χ1) is 14.7. The molecule has 2 aromatic rings. The molecule has 2 amide bonds. The number of hydrogen-bond acceptors (Lipinski definition) is 6. The predicted molar refractivity (Wildman–Crippen MR) is 114 cm³/mol. The molecule has 166 valence electrons. The number of hydrogen-bond donors (Lipinski definition) is 2. The molecule has 1 aliphatic rings. The SMILES string of the molecule is CN(C)C(=O)CN1C(=O)CO[C@H](c2ccc(NS(=O)(=O)c3ccccc3)cc2)[C@H]1CO. The lowest BCUT2D eigenvalue weighted by molar-refractivity contribution is -0.164. The number of likely N-dealkylation sites (N-methyl/N-ethyl adjacent to an activating group) is 1. The molecule has 1 saturated heterocycles. The first-order valence-corrected chi connectivity index (χ1v) is 11.1. The molecule has 10 heteroatoms. The van der Waals surface area contributed by atoms with Gasteiger partial charge >= 0.3 is 0 Å². The fourth-order valence-corrected chi connectivity index (χ4v) is 4.34. The van der Waals surface area contributed by atoms with Crippen molar-refractivity contribution in [1.82, 2.24) is 9.80 Å². The molecule has 9 nitrogen and oxygen atoms in total. The van der Waals surface area contributed by atoms with E-state index in [0.717, 1.165) is 0 Å². The zero-order valence-electron chi connectivity index (χ0n) is 17.3. The van der Waals surface area contributed by atoms with Crippen LogP contribution in [-0.2, 0) is 24.3 Å². The second kappa shape index (κ2) is 9.46. The van der Waals surface area contributed by atoms with Gasteiger partial charge in [0.25, 0.3) is 10.0 Å². The van der Waals surface area contributed by atoms with Crippen LogP contribution in [-0.4, -0.2) is 75.0 Å². The lowest BCUT2D eigenvalue weighted by Gasteiger charge is -2.40. The monoisotopic (exact) mass is 447 g/mol. The molecule has 0 unspecified atom stereocenters. The minimum absolute atomic E-state index is 0.148. The highest BCUT2D eigenvalue weighted by atomic mass is 32.2. The third kappa shape index (κ3) is 5.22. The topological polar surface area (TPSA) is 116 Å². The number of carbonyl (C=O) groups excluding carboxylic acids is 2. The molecule has 2 aromatic carbocycles. The molecule has 1 heterocycles. The first-order valence-electron chi connectivity index (χ1n) is 9.63. The summed E-state index contributed by atoms with van der Waals surface area (Å²) in [5, 5.41) is 9.91. The second-order valence-corrected chi connectivity index (χ2v) is 9.01. The van der Waals surface area contributed by atoms with Crippen LogP contribution in [0, 0.1) is 0 Å². The van der Waals surface area contributed by atoms with Crippen LogP contribution < -0.4 is 4.72 Å². The fourth-order valence-electron chi connectivity index (χ4n) is 3.26. The standard InChI is InChI=1S/C21H25N3O6S/c1-23(2)19(26)12-24-18(13-25)21(30-14-20(24)27)15-8-10-16(11-9-15)22-31(28,29)17-6-4-3-5-7-17/h3-11,18,21-22,25H,12-14H2,1-2H3/t18-,21-/m1/s1. The average Bonchev–Trinajstić information content (AvgIpc) is 2.76. The summed E-state index contributed by atoms with van der Waals surface area (Å²) >= 11 is 0. The number of benzene rings is 2. The number of carbonyl (C=O) groups is 2. The van der Waals surface area contributed by atoms with E-state index in [4.69, 9.17) is 4.74 Å². The number of aliphatic hydroxyl groups is 1. The van der Waals surface area contributed by atoms with E-state index in [1.54, 1.807) is 56.6 Å². The Morgan fingerprint density at radius 2 is 1.81 bits per heavy atom. The van der Waals surface area contributed by atoms with Crippen molar-refractivity contribution in [3.63, 3.8) is 0 Å². The third-order valence-corrected chi connectivity index (χ3v) is 6.39. The molecule has 3 rings (SSSR count). The van der Waals surface area contributed by atoms with Gasteiger partial charge < -0.3 is 19.6 Å². The van der Waals surface area contributed by atoms with Crippen LogP contribution in [0.15, 0.2) is 59.5 Å². The number of sulfonamides is 1. The number of anilines is 1. The summed E-state index contributed by atoms with van der Waals surface area (Å²) in [7, 11) is -0.538. The Kier molecular flexibility index (Phi) is 6.94. The molecule has 1 aliphatic heterocycles. The Balaban J connectivity index is 1.77. The Hall–Kier alpha value is -2.95. The van der Waals surface area contributed by atoms with Crippen molar-refractivity contribution in [1.29, 1.82) is 0 Å². The van der Waals surface area contributed by atoms with E-state index >= 15 is 0 Å². The van der Waals surface area contributed by atoms with E-state index in [2.05, 4.69) is 4.72 Å². The van der Waals surface area contributed by atoms with E-state index in [1.165, 1.54) is 21.9 Å². The molecule has 0 radical (unpaired) electrons. The third-order valence-electron chi connectivity index (χ3n) is 4.99. The van der Waals surface area contributed by atoms with Gasteiger partial charge in [0.2, 0.25) is 11.8 Å². The van der Waals surface area contributed by atoms with Crippen LogP contribution in [0.3, 0.4) is 0 Å². The summed E-state index contributed by atoms with van der Waals surface area (Å²) in [6, 6.07) is 13.8. The normalized spacial score (nSPS) is 19.2. The molecular formula is C21H25N3O6S. The molecule has 0 saturated carbocycles. The zero-order valence-corrected chi connectivity index (χ0v) is 18.1.